The van der Waals surface area contributed by atoms with Gasteiger partial charge in [-0.05, 0) is 38.1 Å². The summed E-state index contributed by atoms with van der Waals surface area (Å²) in [7, 11) is -1.60. The Kier molecular flexibility index (Phi) is 4.76. The fourth-order valence-corrected chi connectivity index (χ4v) is 2.69. The molecule has 96 valence electrons. The highest BCUT2D eigenvalue weighted by Gasteiger charge is 2.26. The molecule has 1 aliphatic rings. The third-order valence-electron chi connectivity index (χ3n) is 3.45. The fourth-order valence-electron chi connectivity index (χ4n) is 2.10. The van der Waals surface area contributed by atoms with Crippen molar-refractivity contribution in [1.82, 2.24) is 10.0 Å². The van der Waals surface area contributed by atoms with Gasteiger partial charge in [-0.25, -0.2) is 13.1 Å². The van der Waals surface area contributed by atoms with E-state index in [1.807, 2.05) is 0 Å². The molecule has 0 aliphatic heterocycles. The molecule has 0 amide bonds. The molecule has 0 spiro atoms. The molecule has 1 aliphatic carbocycles. The van der Waals surface area contributed by atoms with Gasteiger partial charge in [0.2, 0.25) is 10.0 Å². The summed E-state index contributed by atoms with van der Waals surface area (Å²) in [6, 6.07) is 0.500. The predicted molar refractivity (Wildman–Crippen MR) is 66.9 cm³/mol. The van der Waals surface area contributed by atoms with Crippen molar-refractivity contribution in [3.63, 3.8) is 0 Å². The molecule has 1 saturated carbocycles. The van der Waals surface area contributed by atoms with Crippen LogP contribution in [0.4, 0.5) is 0 Å². The van der Waals surface area contributed by atoms with Crippen molar-refractivity contribution >= 4 is 10.0 Å². The highest BCUT2D eigenvalue weighted by Crippen LogP contribution is 2.34. The van der Waals surface area contributed by atoms with Crippen LogP contribution in [-0.4, -0.2) is 33.8 Å². The summed E-state index contributed by atoms with van der Waals surface area (Å²) in [6.45, 7) is 5.15. The Balaban J connectivity index is 2.21. The summed E-state index contributed by atoms with van der Waals surface area (Å²) in [6.07, 6.45) is 4.77. The molecule has 0 radical (unpaired) electrons. The van der Waals surface area contributed by atoms with Gasteiger partial charge >= 0.3 is 0 Å². The minimum Gasteiger partial charge on any atom is -0.313 e. The minimum atomic E-state index is -3.06. The average Bonchev–Trinajstić information content (AvgIpc) is 2.20. The van der Waals surface area contributed by atoms with E-state index in [1.54, 1.807) is 0 Å². The van der Waals surface area contributed by atoms with Gasteiger partial charge in [0.1, 0.15) is 0 Å². The van der Waals surface area contributed by atoms with E-state index in [1.165, 1.54) is 19.9 Å². The molecule has 0 bridgehead atoms. The number of hydrogen-bond donors (Lipinski definition) is 2. The van der Waals surface area contributed by atoms with Gasteiger partial charge < -0.3 is 5.32 Å². The number of rotatable bonds is 5. The van der Waals surface area contributed by atoms with Crippen LogP contribution in [0.5, 0.6) is 0 Å². The van der Waals surface area contributed by atoms with Crippen LogP contribution in [-0.2, 0) is 10.0 Å². The lowest BCUT2D eigenvalue weighted by molar-refractivity contribution is 0.208. The number of hydrogen-bond acceptors (Lipinski definition) is 3. The third-order valence-corrected chi connectivity index (χ3v) is 4.82. The zero-order chi connectivity index (χ0) is 12.2. The summed E-state index contributed by atoms with van der Waals surface area (Å²) in [4.78, 5) is 0. The standard InChI is InChI=1S/C11H24N2O2S/c1-11(2)6-4-10(5-7-11)13-8-9-16(14,15)12-3/h10,12-13H,4-9H2,1-3H3. The first kappa shape index (κ1) is 13.9. The molecule has 4 nitrogen and oxygen atoms in total. The van der Waals surface area contributed by atoms with Crippen molar-refractivity contribution in [2.24, 2.45) is 5.41 Å². The second-order valence-electron chi connectivity index (χ2n) is 5.42. The van der Waals surface area contributed by atoms with Crippen LogP contribution in [0.25, 0.3) is 0 Å². The molecular weight excluding hydrogens is 224 g/mol. The van der Waals surface area contributed by atoms with Crippen LogP contribution < -0.4 is 10.0 Å². The van der Waals surface area contributed by atoms with E-state index in [-0.39, 0.29) is 5.75 Å². The van der Waals surface area contributed by atoms with Crippen LogP contribution in [0.15, 0.2) is 0 Å². The van der Waals surface area contributed by atoms with Crippen molar-refractivity contribution in [2.45, 2.75) is 45.6 Å². The second-order valence-corrected chi connectivity index (χ2v) is 7.46. The topological polar surface area (TPSA) is 58.2 Å². The summed E-state index contributed by atoms with van der Waals surface area (Å²) >= 11 is 0. The van der Waals surface area contributed by atoms with E-state index in [0.29, 0.717) is 18.0 Å². The zero-order valence-corrected chi connectivity index (χ0v) is 11.4. The molecule has 0 atom stereocenters. The first-order valence-electron chi connectivity index (χ1n) is 5.99. The van der Waals surface area contributed by atoms with Crippen LogP contribution in [0, 0.1) is 5.41 Å². The third kappa shape index (κ3) is 4.80. The summed E-state index contributed by atoms with van der Waals surface area (Å²) in [5, 5.41) is 3.33. The molecule has 0 unspecified atom stereocenters. The quantitative estimate of drug-likeness (QED) is 0.766. The Morgan fingerprint density at radius 2 is 1.81 bits per heavy atom. The van der Waals surface area contributed by atoms with E-state index < -0.39 is 10.0 Å². The molecule has 16 heavy (non-hydrogen) atoms. The smallest absolute Gasteiger partial charge is 0.212 e. The molecule has 5 heteroatoms. The highest BCUT2D eigenvalue weighted by molar-refractivity contribution is 7.89. The van der Waals surface area contributed by atoms with Gasteiger partial charge in [0.25, 0.3) is 0 Å². The van der Waals surface area contributed by atoms with Gasteiger partial charge in [0.15, 0.2) is 0 Å². The van der Waals surface area contributed by atoms with E-state index in [0.717, 1.165) is 12.8 Å². The average molecular weight is 248 g/mol. The molecule has 0 aromatic carbocycles. The van der Waals surface area contributed by atoms with E-state index in [9.17, 15) is 8.42 Å². The maximum atomic E-state index is 11.2. The van der Waals surface area contributed by atoms with E-state index in [4.69, 9.17) is 0 Å². The summed E-state index contributed by atoms with van der Waals surface area (Å²) < 4.78 is 24.7. The first-order chi connectivity index (χ1) is 7.35. The van der Waals surface area contributed by atoms with E-state index >= 15 is 0 Å². The molecule has 0 aromatic rings. The van der Waals surface area contributed by atoms with Crippen molar-refractivity contribution in [3.8, 4) is 0 Å². The Bertz CT molecular complexity index is 302. The first-order valence-corrected chi connectivity index (χ1v) is 7.64. The predicted octanol–water partition coefficient (Wildman–Crippen LogP) is 1.09. The largest absolute Gasteiger partial charge is 0.313 e. The van der Waals surface area contributed by atoms with Crippen LogP contribution >= 0.6 is 0 Å². The lowest BCUT2D eigenvalue weighted by Crippen LogP contribution is -2.39. The molecule has 0 aromatic heterocycles. The lowest BCUT2D eigenvalue weighted by Gasteiger charge is -2.34. The lowest BCUT2D eigenvalue weighted by atomic mass is 9.75. The Hall–Kier alpha value is -0.130. The normalized spacial score (nSPS) is 22.2. The van der Waals surface area contributed by atoms with Crippen molar-refractivity contribution in [1.29, 1.82) is 0 Å². The van der Waals surface area contributed by atoms with Gasteiger partial charge in [0.05, 0.1) is 5.75 Å². The Labute approximate surface area is 99.2 Å². The molecular formula is C11H24N2O2S. The molecule has 1 fully saturated rings. The maximum Gasteiger partial charge on any atom is 0.212 e. The monoisotopic (exact) mass is 248 g/mol. The molecule has 0 heterocycles. The van der Waals surface area contributed by atoms with Gasteiger partial charge in [-0.1, -0.05) is 13.8 Å². The van der Waals surface area contributed by atoms with Gasteiger partial charge in [-0.2, -0.15) is 0 Å². The number of sulfonamides is 1. The van der Waals surface area contributed by atoms with Crippen molar-refractivity contribution < 1.29 is 8.42 Å². The molecule has 0 saturated heterocycles. The molecule has 2 N–H and O–H groups in total. The van der Waals surface area contributed by atoms with Gasteiger partial charge in [0, 0.05) is 12.6 Å². The summed E-state index contributed by atoms with van der Waals surface area (Å²) in [5.41, 5.74) is 0.467. The Morgan fingerprint density at radius 1 is 1.25 bits per heavy atom. The minimum absolute atomic E-state index is 0.170. The van der Waals surface area contributed by atoms with Gasteiger partial charge in [-0.15, -0.1) is 0 Å². The molecule has 1 rings (SSSR count). The highest BCUT2D eigenvalue weighted by atomic mass is 32.2. The van der Waals surface area contributed by atoms with Crippen LogP contribution in [0.3, 0.4) is 0 Å². The zero-order valence-electron chi connectivity index (χ0n) is 10.5. The Morgan fingerprint density at radius 3 is 2.31 bits per heavy atom. The summed E-state index contributed by atoms with van der Waals surface area (Å²) in [5.74, 6) is 0.170. The second kappa shape index (κ2) is 5.47. The SMILES string of the molecule is CNS(=O)(=O)CCNC1CCC(C)(C)CC1. The maximum absolute atomic E-state index is 11.2. The van der Waals surface area contributed by atoms with Crippen LogP contribution in [0.1, 0.15) is 39.5 Å². The van der Waals surface area contributed by atoms with Crippen molar-refractivity contribution in [2.75, 3.05) is 19.3 Å². The van der Waals surface area contributed by atoms with Gasteiger partial charge in [-0.3, -0.25) is 0 Å². The number of nitrogens with one attached hydrogen (secondary N) is 2. The van der Waals surface area contributed by atoms with E-state index in [2.05, 4.69) is 23.9 Å². The fraction of sp³-hybridized carbons (Fsp3) is 1.00. The van der Waals surface area contributed by atoms with Crippen molar-refractivity contribution in [3.05, 3.63) is 0 Å². The van der Waals surface area contributed by atoms with Crippen LogP contribution in [0.2, 0.25) is 0 Å².